The van der Waals surface area contributed by atoms with Gasteiger partial charge in [0.15, 0.2) is 5.60 Å². The van der Waals surface area contributed by atoms with Crippen molar-refractivity contribution in [2.75, 3.05) is 0 Å². The Morgan fingerprint density at radius 3 is 2.14 bits per heavy atom. The second-order valence-electron chi connectivity index (χ2n) is 4.46. The van der Waals surface area contributed by atoms with Crippen LogP contribution < -0.4 is 10.9 Å². The SMILES string of the molecule is C[C@@](O)(CC(=O)NNC(=O)c1ccc(F)cc1)C(F)(F)F. The first kappa shape index (κ1) is 16.9. The molecule has 0 unspecified atom stereocenters. The van der Waals surface area contributed by atoms with E-state index in [0.717, 1.165) is 24.3 Å². The standard InChI is InChI=1S/C12H12F4N2O3/c1-11(21,12(14,15)16)6-9(19)17-18-10(20)7-2-4-8(13)5-3-7/h2-5,21H,6H2,1H3,(H,17,19)(H,18,20)/t11-/m1/s1. The summed E-state index contributed by atoms with van der Waals surface area (Å²) in [5.74, 6) is -2.64. The quantitative estimate of drug-likeness (QED) is 0.581. The molecule has 21 heavy (non-hydrogen) atoms. The minimum Gasteiger partial charge on any atom is -0.380 e. The van der Waals surface area contributed by atoms with Crippen LogP contribution in [-0.2, 0) is 4.79 Å². The molecule has 9 heteroatoms. The molecule has 3 N–H and O–H groups in total. The maximum absolute atomic E-state index is 12.6. The summed E-state index contributed by atoms with van der Waals surface area (Å²) in [6.07, 6.45) is -6.26. The number of nitrogens with one attached hydrogen (secondary N) is 2. The molecule has 1 aromatic rings. The number of hydrogen-bond acceptors (Lipinski definition) is 3. The molecule has 0 aliphatic rings. The van der Waals surface area contributed by atoms with E-state index in [4.69, 9.17) is 5.11 Å². The summed E-state index contributed by atoms with van der Waals surface area (Å²) in [7, 11) is 0. The lowest BCUT2D eigenvalue weighted by Gasteiger charge is -2.25. The molecule has 1 aromatic carbocycles. The van der Waals surface area contributed by atoms with Crippen molar-refractivity contribution in [2.45, 2.75) is 25.1 Å². The molecular weight excluding hydrogens is 296 g/mol. The topological polar surface area (TPSA) is 78.4 Å². The first-order valence-electron chi connectivity index (χ1n) is 5.67. The second kappa shape index (κ2) is 6.08. The normalized spacial score (nSPS) is 14.2. The van der Waals surface area contributed by atoms with Gasteiger partial charge in [-0.05, 0) is 31.2 Å². The molecule has 0 spiro atoms. The molecule has 0 radical (unpaired) electrons. The maximum Gasteiger partial charge on any atom is 0.417 e. The van der Waals surface area contributed by atoms with Crippen molar-refractivity contribution in [3.63, 3.8) is 0 Å². The van der Waals surface area contributed by atoms with E-state index < -0.39 is 35.8 Å². The maximum atomic E-state index is 12.6. The zero-order valence-electron chi connectivity index (χ0n) is 10.8. The van der Waals surface area contributed by atoms with Gasteiger partial charge in [0.2, 0.25) is 5.91 Å². The van der Waals surface area contributed by atoms with Crippen molar-refractivity contribution in [1.82, 2.24) is 10.9 Å². The third kappa shape index (κ3) is 4.71. The average Bonchev–Trinajstić information content (AvgIpc) is 2.35. The smallest absolute Gasteiger partial charge is 0.380 e. The lowest BCUT2D eigenvalue weighted by molar-refractivity contribution is -0.253. The number of amides is 2. The summed E-state index contributed by atoms with van der Waals surface area (Å²) in [5.41, 5.74) is 0.373. The number of aliphatic hydroxyl groups is 1. The van der Waals surface area contributed by atoms with Gasteiger partial charge in [-0.1, -0.05) is 0 Å². The van der Waals surface area contributed by atoms with E-state index >= 15 is 0 Å². The summed E-state index contributed by atoms with van der Waals surface area (Å²) in [6, 6.07) is 4.27. The highest BCUT2D eigenvalue weighted by Gasteiger charge is 2.51. The van der Waals surface area contributed by atoms with Crippen molar-refractivity contribution in [1.29, 1.82) is 0 Å². The van der Waals surface area contributed by atoms with E-state index in [2.05, 4.69) is 0 Å². The van der Waals surface area contributed by atoms with Gasteiger partial charge >= 0.3 is 6.18 Å². The van der Waals surface area contributed by atoms with E-state index in [1.807, 2.05) is 5.43 Å². The molecule has 0 aromatic heterocycles. The van der Waals surface area contributed by atoms with Crippen LogP contribution in [0.15, 0.2) is 24.3 Å². The van der Waals surface area contributed by atoms with Crippen LogP contribution in [0, 0.1) is 5.82 Å². The number of hydrogen-bond donors (Lipinski definition) is 3. The minimum atomic E-state index is -4.98. The van der Waals surface area contributed by atoms with Crippen LogP contribution in [0.1, 0.15) is 23.7 Å². The Morgan fingerprint density at radius 2 is 1.67 bits per heavy atom. The molecule has 0 heterocycles. The van der Waals surface area contributed by atoms with Crippen molar-refractivity contribution < 1.29 is 32.3 Å². The number of carbonyl (C=O) groups excluding carboxylic acids is 2. The van der Waals surface area contributed by atoms with Crippen LogP contribution in [0.3, 0.4) is 0 Å². The largest absolute Gasteiger partial charge is 0.417 e. The second-order valence-corrected chi connectivity index (χ2v) is 4.46. The summed E-state index contributed by atoms with van der Waals surface area (Å²) < 4.78 is 49.7. The average molecular weight is 308 g/mol. The Labute approximate surface area is 116 Å². The number of hydrazine groups is 1. The third-order valence-electron chi connectivity index (χ3n) is 2.54. The predicted octanol–water partition coefficient (Wildman–Crippen LogP) is 1.29. The van der Waals surface area contributed by atoms with Crippen molar-refractivity contribution in [2.24, 2.45) is 0 Å². The van der Waals surface area contributed by atoms with Gasteiger partial charge in [-0.2, -0.15) is 13.2 Å². The molecule has 0 aliphatic carbocycles. The molecule has 0 aliphatic heterocycles. The number of benzene rings is 1. The number of alkyl halides is 3. The highest BCUT2D eigenvalue weighted by atomic mass is 19.4. The van der Waals surface area contributed by atoms with Gasteiger partial charge in [-0.3, -0.25) is 20.4 Å². The minimum absolute atomic E-state index is 0.000665. The zero-order valence-corrected chi connectivity index (χ0v) is 10.8. The molecule has 0 fully saturated rings. The van der Waals surface area contributed by atoms with Gasteiger partial charge in [0.25, 0.3) is 5.91 Å². The lowest BCUT2D eigenvalue weighted by Crippen LogP contribution is -2.49. The molecular formula is C12H12F4N2O3. The van der Waals surface area contributed by atoms with Gasteiger partial charge < -0.3 is 5.11 Å². The van der Waals surface area contributed by atoms with Crippen molar-refractivity contribution in [3.8, 4) is 0 Å². The number of carbonyl (C=O) groups is 2. The first-order valence-corrected chi connectivity index (χ1v) is 5.67. The molecule has 0 saturated heterocycles. The highest BCUT2D eigenvalue weighted by molar-refractivity contribution is 5.95. The monoisotopic (exact) mass is 308 g/mol. The van der Waals surface area contributed by atoms with E-state index in [1.165, 1.54) is 0 Å². The first-order chi connectivity index (χ1) is 9.53. The van der Waals surface area contributed by atoms with Crippen LogP contribution in [0.25, 0.3) is 0 Å². The predicted molar refractivity (Wildman–Crippen MR) is 63.3 cm³/mol. The van der Waals surface area contributed by atoms with Crippen LogP contribution in [0.5, 0.6) is 0 Å². The van der Waals surface area contributed by atoms with Crippen LogP contribution in [0.4, 0.5) is 17.6 Å². The Hall–Kier alpha value is -2.16. The zero-order chi connectivity index (χ0) is 16.3. The fourth-order valence-corrected chi connectivity index (χ4v) is 1.26. The molecule has 2 amide bonds. The van der Waals surface area contributed by atoms with E-state index in [1.54, 1.807) is 5.43 Å². The molecule has 1 atom stereocenters. The fourth-order valence-electron chi connectivity index (χ4n) is 1.26. The van der Waals surface area contributed by atoms with E-state index in [9.17, 15) is 27.2 Å². The van der Waals surface area contributed by atoms with Gasteiger partial charge in [0.05, 0.1) is 6.42 Å². The van der Waals surface area contributed by atoms with Crippen LogP contribution in [-0.4, -0.2) is 28.7 Å². The summed E-state index contributed by atoms with van der Waals surface area (Å²) in [4.78, 5) is 22.7. The molecule has 1 rings (SSSR count). The van der Waals surface area contributed by atoms with Gasteiger partial charge in [0.1, 0.15) is 5.82 Å². The van der Waals surface area contributed by atoms with Crippen molar-refractivity contribution >= 4 is 11.8 Å². The number of rotatable bonds is 3. The Bertz CT molecular complexity index is 526. The molecule has 116 valence electrons. The van der Waals surface area contributed by atoms with Gasteiger partial charge in [-0.15, -0.1) is 0 Å². The summed E-state index contributed by atoms with van der Waals surface area (Å²) in [5, 5.41) is 9.09. The molecule has 0 saturated carbocycles. The fraction of sp³-hybridized carbons (Fsp3) is 0.333. The summed E-state index contributed by atoms with van der Waals surface area (Å²) >= 11 is 0. The summed E-state index contributed by atoms with van der Waals surface area (Å²) in [6.45, 7) is 0.439. The van der Waals surface area contributed by atoms with Crippen LogP contribution in [0.2, 0.25) is 0 Å². The molecule has 5 nitrogen and oxygen atoms in total. The van der Waals surface area contributed by atoms with E-state index in [-0.39, 0.29) is 5.56 Å². The number of halogens is 4. The van der Waals surface area contributed by atoms with E-state index in [0.29, 0.717) is 6.92 Å². The lowest BCUT2D eigenvalue weighted by atomic mass is 10.0. The Balaban J connectivity index is 2.54. The van der Waals surface area contributed by atoms with Gasteiger partial charge in [-0.25, -0.2) is 4.39 Å². The van der Waals surface area contributed by atoms with Gasteiger partial charge in [0, 0.05) is 5.56 Å². The highest BCUT2D eigenvalue weighted by Crippen LogP contribution is 2.32. The van der Waals surface area contributed by atoms with Crippen molar-refractivity contribution in [3.05, 3.63) is 35.6 Å². The Morgan fingerprint density at radius 1 is 1.14 bits per heavy atom. The third-order valence-corrected chi connectivity index (χ3v) is 2.54. The Kier molecular flexibility index (Phi) is 4.89. The molecule has 0 bridgehead atoms. The van der Waals surface area contributed by atoms with Crippen LogP contribution >= 0.6 is 0 Å².